The lowest BCUT2D eigenvalue weighted by molar-refractivity contribution is 0.304. The maximum absolute atomic E-state index is 5.90. The minimum absolute atomic E-state index is 0. The third-order valence-corrected chi connectivity index (χ3v) is 4.89. The summed E-state index contributed by atoms with van der Waals surface area (Å²) in [6.45, 7) is 4.86. The molecule has 4 heteroatoms. The number of halogens is 2. The maximum Gasteiger partial charge on any atom is 0.134 e. The Morgan fingerprint density at radius 1 is 0.885 bits per heavy atom. The van der Waals surface area contributed by atoms with E-state index in [1.54, 1.807) is 0 Å². The highest BCUT2D eigenvalue weighted by Gasteiger charge is 2.03. The van der Waals surface area contributed by atoms with Crippen molar-refractivity contribution >= 4 is 28.3 Å². The van der Waals surface area contributed by atoms with E-state index in [0.717, 1.165) is 23.3 Å². The van der Waals surface area contributed by atoms with Gasteiger partial charge in [-0.3, -0.25) is 0 Å². The normalized spacial score (nSPS) is 10.4. The minimum atomic E-state index is 0. The number of nitrogens with one attached hydrogen (secondary N) is 1. The summed E-state index contributed by atoms with van der Waals surface area (Å²) in [5, 5.41) is 3.54. The van der Waals surface area contributed by atoms with Crippen LogP contribution in [0.3, 0.4) is 0 Å². The van der Waals surface area contributed by atoms with Gasteiger partial charge in [0.1, 0.15) is 12.4 Å². The molecule has 0 aromatic heterocycles. The number of rotatable bonds is 12. The second kappa shape index (κ2) is 14.1. The average molecular weight is 441 g/mol. The van der Waals surface area contributed by atoms with Crippen LogP contribution < -0.4 is 10.1 Å². The van der Waals surface area contributed by atoms with Gasteiger partial charge in [-0.15, -0.1) is 12.4 Å². The van der Waals surface area contributed by atoms with E-state index in [-0.39, 0.29) is 12.4 Å². The molecule has 0 aliphatic carbocycles. The molecule has 0 spiro atoms. The van der Waals surface area contributed by atoms with Gasteiger partial charge in [0.15, 0.2) is 0 Å². The van der Waals surface area contributed by atoms with Crippen molar-refractivity contribution in [2.45, 2.75) is 58.6 Å². The van der Waals surface area contributed by atoms with Gasteiger partial charge < -0.3 is 10.1 Å². The lowest BCUT2D eigenvalue weighted by atomic mass is 10.1. The summed E-state index contributed by atoms with van der Waals surface area (Å²) in [6.07, 6.45) is 8.05. The standard InChI is InChI=1S/C22H30BrNO.ClH/c1-2-3-4-5-6-10-15-24-17-20-13-14-22(21(23)16-20)25-18-19-11-8-7-9-12-19;/h7-9,11-14,16,24H,2-6,10,15,17-18H2,1H3;1H. The molecule has 2 aromatic carbocycles. The Balaban J connectivity index is 0.00000338. The molecule has 0 amide bonds. The Morgan fingerprint density at radius 3 is 2.35 bits per heavy atom. The molecule has 0 aliphatic rings. The lowest BCUT2D eigenvalue weighted by Gasteiger charge is -2.10. The Labute approximate surface area is 173 Å². The van der Waals surface area contributed by atoms with Gasteiger partial charge in [-0.25, -0.2) is 0 Å². The van der Waals surface area contributed by atoms with Gasteiger partial charge in [0, 0.05) is 6.54 Å². The quantitative estimate of drug-likeness (QED) is 0.362. The fraction of sp³-hybridized carbons (Fsp3) is 0.455. The van der Waals surface area contributed by atoms with Crippen LogP contribution in [0.2, 0.25) is 0 Å². The Bertz CT molecular complexity index is 606. The fourth-order valence-electron chi connectivity index (χ4n) is 2.77. The molecule has 0 saturated heterocycles. The van der Waals surface area contributed by atoms with E-state index in [2.05, 4.69) is 58.5 Å². The smallest absolute Gasteiger partial charge is 0.134 e. The van der Waals surface area contributed by atoms with Crippen LogP contribution >= 0.6 is 28.3 Å². The summed E-state index contributed by atoms with van der Waals surface area (Å²) in [5.41, 5.74) is 2.46. The van der Waals surface area contributed by atoms with Crippen molar-refractivity contribution in [2.75, 3.05) is 6.54 Å². The van der Waals surface area contributed by atoms with Gasteiger partial charge >= 0.3 is 0 Å². The molecule has 0 fully saturated rings. The number of hydrogen-bond donors (Lipinski definition) is 1. The molecule has 0 heterocycles. The summed E-state index contributed by atoms with van der Waals surface area (Å²) in [6, 6.07) is 16.6. The van der Waals surface area contributed by atoms with Crippen molar-refractivity contribution in [3.8, 4) is 5.75 Å². The molecular formula is C22H31BrClNO. The lowest BCUT2D eigenvalue weighted by Crippen LogP contribution is -2.14. The molecular weight excluding hydrogens is 410 g/mol. The predicted octanol–water partition coefficient (Wildman–Crippen LogP) is 6.90. The first-order chi connectivity index (χ1) is 12.3. The highest BCUT2D eigenvalue weighted by atomic mass is 79.9. The van der Waals surface area contributed by atoms with Crippen LogP contribution in [-0.4, -0.2) is 6.54 Å². The van der Waals surface area contributed by atoms with E-state index in [1.807, 2.05) is 18.2 Å². The Kier molecular flexibility index (Phi) is 12.5. The van der Waals surface area contributed by atoms with Crippen molar-refractivity contribution in [3.05, 3.63) is 64.1 Å². The van der Waals surface area contributed by atoms with Crippen LogP contribution in [0.15, 0.2) is 53.0 Å². The zero-order chi connectivity index (χ0) is 17.7. The largest absolute Gasteiger partial charge is 0.488 e. The summed E-state index contributed by atoms with van der Waals surface area (Å²) in [5.74, 6) is 0.892. The zero-order valence-corrected chi connectivity index (χ0v) is 18.1. The van der Waals surface area contributed by atoms with Gasteiger partial charge in [-0.05, 0) is 52.2 Å². The third-order valence-electron chi connectivity index (χ3n) is 4.27. The fourth-order valence-corrected chi connectivity index (χ4v) is 3.31. The van der Waals surface area contributed by atoms with Crippen LogP contribution in [0.25, 0.3) is 0 Å². The van der Waals surface area contributed by atoms with Crippen molar-refractivity contribution in [1.29, 1.82) is 0 Å². The maximum atomic E-state index is 5.90. The summed E-state index contributed by atoms with van der Waals surface area (Å²) >= 11 is 3.63. The Hall–Kier alpha value is -1.03. The van der Waals surface area contributed by atoms with Crippen LogP contribution in [0, 0.1) is 0 Å². The Morgan fingerprint density at radius 2 is 1.62 bits per heavy atom. The highest BCUT2D eigenvalue weighted by molar-refractivity contribution is 9.10. The molecule has 0 atom stereocenters. The van der Waals surface area contributed by atoms with E-state index in [4.69, 9.17) is 4.74 Å². The second-order valence-corrected chi connectivity index (χ2v) is 7.34. The molecule has 26 heavy (non-hydrogen) atoms. The number of unbranched alkanes of at least 4 members (excludes halogenated alkanes) is 5. The molecule has 0 aliphatic heterocycles. The first-order valence-electron chi connectivity index (χ1n) is 9.45. The molecule has 0 radical (unpaired) electrons. The van der Waals surface area contributed by atoms with Crippen LogP contribution in [0.5, 0.6) is 5.75 Å². The molecule has 0 bridgehead atoms. The van der Waals surface area contributed by atoms with Crippen LogP contribution in [-0.2, 0) is 13.2 Å². The van der Waals surface area contributed by atoms with Crippen molar-refractivity contribution < 1.29 is 4.74 Å². The molecule has 0 unspecified atom stereocenters. The second-order valence-electron chi connectivity index (χ2n) is 6.48. The zero-order valence-electron chi connectivity index (χ0n) is 15.7. The van der Waals surface area contributed by atoms with Crippen molar-refractivity contribution in [3.63, 3.8) is 0 Å². The average Bonchev–Trinajstić information content (AvgIpc) is 2.64. The van der Waals surface area contributed by atoms with Crippen molar-refractivity contribution in [2.24, 2.45) is 0 Å². The molecule has 1 N–H and O–H groups in total. The van der Waals surface area contributed by atoms with Crippen molar-refractivity contribution in [1.82, 2.24) is 5.32 Å². The predicted molar refractivity (Wildman–Crippen MR) is 117 cm³/mol. The monoisotopic (exact) mass is 439 g/mol. The van der Waals surface area contributed by atoms with Crippen LogP contribution in [0.1, 0.15) is 56.6 Å². The number of benzene rings is 2. The van der Waals surface area contributed by atoms with E-state index in [0.29, 0.717) is 6.61 Å². The summed E-state index contributed by atoms with van der Waals surface area (Å²) in [4.78, 5) is 0. The molecule has 2 rings (SSSR count). The van der Waals surface area contributed by atoms with E-state index in [9.17, 15) is 0 Å². The van der Waals surface area contributed by atoms with Gasteiger partial charge in [-0.1, -0.05) is 75.4 Å². The van der Waals surface area contributed by atoms with E-state index in [1.165, 1.54) is 49.7 Å². The first kappa shape index (κ1) is 23.0. The van der Waals surface area contributed by atoms with E-state index >= 15 is 0 Å². The van der Waals surface area contributed by atoms with Gasteiger partial charge in [0.25, 0.3) is 0 Å². The molecule has 2 nitrogen and oxygen atoms in total. The minimum Gasteiger partial charge on any atom is -0.488 e. The molecule has 144 valence electrons. The molecule has 2 aromatic rings. The number of hydrogen-bond acceptors (Lipinski definition) is 2. The highest BCUT2D eigenvalue weighted by Crippen LogP contribution is 2.26. The third kappa shape index (κ3) is 9.07. The van der Waals surface area contributed by atoms with Crippen LogP contribution in [0.4, 0.5) is 0 Å². The van der Waals surface area contributed by atoms with Gasteiger partial charge in [0.2, 0.25) is 0 Å². The van der Waals surface area contributed by atoms with Gasteiger partial charge in [0.05, 0.1) is 4.47 Å². The van der Waals surface area contributed by atoms with Gasteiger partial charge in [-0.2, -0.15) is 0 Å². The molecule has 0 saturated carbocycles. The van der Waals surface area contributed by atoms with E-state index < -0.39 is 0 Å². The number of ether oxygens (including phenoxy) is 1. The summed E-state index contributed by atoms with van der Waals surface area (Å²) in [7, 11) is 0. The topological polar surface area (TPSA) is 21.3 Å². The first-order valence-corrected chi connectivity index (χ1v) is 10.2. The summed E-state index contributed by atoms with van der Waals surface area (Å²) < 4.78 is 6.92. The SMILES string of the molecule is CCCCCCCCNCc1ccc(OCc2ccccc2)c(Br)c1.Cl.